The van der Waals surface area contributed by atoms with Crippen LogP contribution in [0, 0.1) is 11.7 Å². The summed E-state index contributed by atoms with van der Waals surface area (Å²) >= 11 is 0. The molecule has 0 unspecified atom stereocenters. The van der Waals surface area contributed by atoms with Crippen molar-refractivity contribution in [2.45, 2.75) is 38.3 Å². The molecule has 2 N–H and O–H groups in total. The zero-order valence-electron chi connectivity index (χ0n) is 10.0. The maximum absolute atomic E-state index is 13.2. The van der Waals surface area contributed by atoms with Crippen LogP contribution in [0.2, 0.25) is 0 Å². The zero-order chi connectivity index (χ0) is 11.8. The van der Waals surface area contributed by atoms with Crippen molar-refractivity contribution in [3.05, 3.63) is 29.6 Å². The van der Waals surface area contributed by atoms with Crippen molar-refractivity contribution in [3.63, 3.8) is 0 Å². The molecule has 0 atom stereocenters. The lowest BCUT2D eigenvalue weighted by Gasteiger charge is -2.22. The van der Waals surface area contributed by atoms with Gasteiger partial charge in [-0.15, -0.1) is 0 Å². The molecule has 0 aromatic heterocycles. The first-order chi connectivity index (χ1) is 8.22. The minimum atomic E-state index is -0.184. The van der Waals surface area contributed by atoms with Gasteiger partial charge in [-0.05, 0) is 55.4 Å². The first-order valence-electron chi connectivity index (χ1n) is 6.50. The van der Waals surface area contributed by atoms with Gasteiger partial charge in [0.05, 0.1) is 0 Å². The molecule has 1 aromatic carbocycles. The fourth-order valence-electron chi connectivity index (χ4n) is 2.34. The Labute approximate surface area is 102 Å². The Balaban J connectivity index is 1.71. The van der Waals surface area contributed by atoms with Gasteiger partial charge in [0.1, 0.15) is 5.82 Å². The van der Waals surface area contributed by atoms with Gasteiger partial charge < -0.3 is 5.73 Å². The molecule has 0 spiro atoms. The molecule has 0 radical (unpaired) electrons. The molecule has 0 saturated heterocycles. The number of nitrogens with zero attached hydrogens (tertiary/aromatic N) is 1. The zero-order valence-corrected chi connectivity index (χ0v) is 10.0. The predicted octanol–water partition coefficient (Wildman–Crippen LogP) is 2.78. The standard InChI is InChI=1S/C14H19FN2/c15-12-3-6-14(16)11(7-12)9-17(13-4-5-13)8-10-1-2-10/h3,6-7,10,13H,1-2,4-5,8-9,16H2. The third-order valence-corrected chi connectivity index (χ3v) is 3.73. The highest BCUT2D eigenvalue weighted by molar-refractivity contribution is 5.46. The molecule has 2 saturated carbocycles. The van der Waals surface area contributed by atoms with E-state index < -0.39 is 0 Å². The SMILES string of the molecule is Nc1ccc(F)cc1CN(CC1CC1)C1CC1. The normalized spacial score (nSPS) is 19.9. The van der Waals surface area contributed by atoms with Crippen LogP contribution in [0.25, 0.3) is 0 Å². The van der Waals surface area contributed by atoms with Crippen molar-refractivity contribution < 1.29 is 4.39 Å². The van der Waals surface area contributed by atoms with Gasteiger partial charge in [-0.3, -0.25) is 4.90 Å². The van der Waals surface area contributed by atoms with Crippen LogP contribution in [-0.2, 0) is 6.54 Å². The van der Waals surface area contributed by atoms with Gasteiger partial charge in [0.25, 0.3) is 0 Å². The lowest BCUT2D eigenvalue weighted by atomic mass is 10.1. The van der Waals surface area contributed by atoms with Crippen LogP contribution in [0.5, 0.6) is 0 Å². The average Bonchev–Trinajstić information content (AvgIpc) is 3.14. The van der Waals surface area contributed by atoms with Crippen molar-refractivity contribution >= 4 is 5.69 Å². The highest BCUT2D eigenvalue weighted by Gasteiger charge is 2.33. The second kappa shape index (κ2) is 4.30. The molecule has 17 heavy (non-hydrogen) atoms. The van der Waals surface area contributed by atoms with Gasteiger partial charge in [-0.2, -0.15) is 0 Å². The molecule has 2 aliphatic rings. The van der Waals surface area contributed by atoms with Gasteiger partial charge in [0.2, 0.25) is 0 Å². The Morgan fingerprint density at radius 3 is 2.65 bits per heavy atom. The lowest BCUT2D eigenvalue weighted by molar-refractivity contribution is 0.244. The number of hydrogen-bond acceptors (Lipinski definition) is 2. The van der Waals surface area contributed by atoms with Gasteiger partial charge in [-0.25, -0.2) is 4.39 Å². The minimum absolute atomic E-state index is 0.184. The van der Waals surface area contributed by atoms with Gasteiger partial charge in [-0.1, -0.05) is 0 Å². The van der Waals surface area contributed by atoms with E-state index in [4.69, 9.17) is 5.73 Å². The molecule has 2 fully saturated rings. The van der Waals surface area contributed by atoms with Gasteiger partial charge in [0, 0.05) is 24.8 Å². The quantitative estimate of drug-likeness (QED) is 0.794. The topological polar surface area (TPSA) is 29.3 Å². The van der Waals surface area contributed by atoms with E-state index in [2.05, 4.69) is 4.90 Å². The van der Waals surface area contributed by atoms with E-state index in [0.29, 0.717) is 5.69 Å². The first kappa shape index (κ1) is 11.0. The Bertz CT molecular complexity index is 411. The lowest BCUT2D eigenvalue weighted by Crippen LogP contribution is -2.28. The highest BCUT2D eigenvalue weighted by atomic mass is 19.1. The summed E-state index contributed by atoms with van der Waals surface area (Å²) in [6, 6.07) is 5.41. The monoisotopic (exact) mass is 234 g/mol. The van der Waals surface area contributed by atoms with Crippen molar-refractivity contribution in [3.8, 4) is 0 Å². The number of anilines is 1. The third kappa shape index (κ3) is 2.78. The van der Waals surface area contributed by atoms with E-state index in [9.17, 15) is 4.39 Å². The second-order valence-electron chi connectivity index (χ2n) is 5.45. The van der Waals surface area contributed by atoms with Crippen LogP contribution in [0.4, 0.5) is 10.1 Å². The van der Waals surface area contributed by atoms with Crippen LogP contribution >= 0.6 is 0 Å². The molecule has 92 valence electrons. The van der Waals surface area contributed by atoms with Crippen LogP contribution in [0.15, 0.2) is 18.2 Å². The molecule has 3 heteroatoms. The van der Waals surface area contributed by atoms with Crippen molar-refractivity contribution in [2.24, 2.45) is 5.92 Å². The van der Waals surface area contributed by atoms with Crippen molar-refractivity contribution in [2.75, 3.05) is 12.3 Å². The van der Waals surface area contributed by atoms with Gasteiger partial charge in [0.15, 0.2) is 0 Å². The van der Waals surface area contributed by atoms with E-state index >= 15 is 0 Å². The van der Waals surface area contributed by atoms with Gasteiger partial charge >= 0.3 is 0 Å². The molecule has 3 rings (SSSR count). The number of rotatable bonds is 5. The third-order valence-electron chi connectivity index (χ3n) is 3.73. The summed E-state index contributed by atoms with van der Waals surface area (Å²) in [4.78, 5) is 2.49. The van der Waals surface area contributed by atoms with Crippen molar-refractivity contribution in [1.82, 2.24) is 4.90 Å². The predicted molar refractivity (Wildman–Crippen MR) is 67.0 cm³/mol. The number of nitrogens with two attached hydrogens (primary N) is 1. The smallest absolute Gasteiger partial charge is 0.123 e. The van der Waals surface area contributed by atoms with E-state index in [-0.39, 0.29) is 5.82 Å². The average molecular weight is 234 g/mol. The fourth-order valence-corrected chi connectivity index (χ4v) is 2.34. The maximum atomic E-state index is 13.2. The van der Waals surface area contributed by atoms with E-state index in [1.807, 2.05) is 0 Å². The molecule has 0 heterocycles. The van der Waals surface area contributed by atoms with E-state index in [0.717, 1.165) is 24.1 Å². The summed E-state index contributed by atoms with van der Waals surface area (Å²) in [5.41, 5.74) is 7.57. The minimum Gasteiger partial charge on any atom is -0.398 e. The summed E-state index contributed by atoms with van der Waals surface area (Å²) in [6.07, 6.45) is 5.31. The Hall–Kier alpha value is -1.09. The molecule has 2 nitrogen and oxygen atoms in total. The van der Waals surface area contributed by atoms with Crippen molar-refractivity contribution in [1.29, 1.82) is 0 Å². The number of halogens is 1. The molecule has 1 aromatic rings. The largest absolute Gasteiger partial charge is 0.398 e. The van der Waals surface area contributed by atoms with Crippen LogP contribution in [0.3, 0.4) is 0 Å². The molecule has 0 aliphatic heterocycles. The summed E-state index contributed by atoms with van der Waals surface area (Å²) in [5, 5.41) is 0. The summed E-state index contributed by atoms with van der Waals surface area (Å²) in [7, 11) is 0. The highest BCUT2D eigenvalue weighted by Crippen LogP contribution is 2.36. The Kier molecular flexibility index (Phi) is 2.79. The maximum Gasteiger partial charge on any atom is 0.123 e. The Morgan fingerprint density at radius 1 is 1.24 bits per heavy atom. The fraction of sp³-hybridized carbons (Fsp3) is 0.571. The number of benzene rings is 1. The van der Waals surface area contributed by atoms with E-state index in [1.165, 1.54) is 38.3 Å². The summed E-state index contributed by atoms with van der Waals surface area (Å²) in [6.45, 7) is 1.98. The summed E-state index contributed by atoms with van der Waals surface area (Å²) < 4.78 is 13.2. The number of nitrogen functional groups attached to an aromatic ring is 1. The van der Waals surface area contributed by atoms with E-state index in [1.54, 1.807) is 12.1 Å². The van der Waals surface area contributed by atoms with Crippen LogP contribution in [-0.4, -0.2) is 17.5 Å². The molecular formula is C14H19FN2. The molecular weight excluding hydrogens is 215 g/mol. The Morgan fingerprint density at radius 2 is 2.00 bits per heavy atom. The molecule has 0 bridgehead atoms. The molecule has 0 amide bonds. The number of hydrogen-bond donors (Lipinski definition) is 1. The molecule has 2 aliphatic carbocycles. The van der Waals surface area contributed by atoms with Crippen LogP contribution in [0.1, 0.15) is 31.2 Å². The first-order valence-corrected chi connectivity index (χ1v) is 6.50. The second-order valence-corrected chi connectivity index (χ2v) is 5.45. The summed E-state index contributed by atoms with van der Waals surface area (Å²) in [5.74, 6) is 0.696. The van der Waals surface area contributed by atoms with Crippen LogP contribution < -0.4 is 5.73 Å².